The summed E-state index contributed by atoms with van der Waals surface area (Å²) in [4.78, 5) is 0. The van der Waals surface area contributed by atoms with Gasteiger partial charge >= 0.3 is 0 Å². The molecular formula is C16H13NO. The molecule has 2 aromatic carbocycles. The second-order valence-corrected chi connectivity index (χ2v) is 3.99. The zero-order chi connectivity index (χ0) is 12.2. The van der Waals surface area contributed by atoms with E-state index in [1.54, 1.807) is 12.5 Å². The van der Waals surface area contributed by atoms with E-state index in [-0.39, 0.29) is 0 Å². The van der Waals surface area contributed by atoms with Gasteiger partial charge in [0.25, 0.3) is 0 Å². The third kappa shape index (κ3) is 2.00. The van der Waals surface area contributed by atoms with Gasteiger partial charge in [-0.3, -0.25) is 0 Å². The molecule has 0 N–H and O–H groups in total. The van der Waals surface area contributed by atoms with Gasteiger partial charge in [0.1, 0.15) is 6.26 Å². The van der Waals surface area contributed by atoms with E-state index in [1.165, 1.54) is 0 Å². The van der Waals surface area contributed by atoms with Gasteiger partial charge in [0.15, 0.2) is 0 Å². The number of aromatic nitrogens is 1. The summed E-state index contributed by atoms with van der Waals surface area (Å²) in [5.74, 6) is 0. The van der Waals surface area contributed by atoms with Gasteiger partial charge in [-0.25, -0.2) is 0 Å². The van der Waals surface area contributed by atoms with Crippen LogP contribution in [0, 0.1) is 0 Å². The highest BCUT2D eigenvalue weighted by atomic mass is 16.3. The van der Waals surface area contributed by atoms with E-state index in [4.69, 9.17) is 4.42 Å². The van der Waals surface area contributed by atoms with Crippen LogP contribution < -0.4 is 0 Å². The predicted octanol–water partition coefficient (Wildman–Crippen LogP) is 4.35. The Bertz CT molecular complexity index is 693. The first-order valence-corrected chi connectivity index (χ1v) is 5.87. The Morgan fingerprint density at radius 1 is 0.722 bits per heavy atom. The Morgan fingerprint density at radius 2 is 1.50 bits per heavy atom. The maximum atomic E-state index is 5.28. The zero-order valence-electron chi connectivity index (χ0n) is 9.86. The van der Waals surface area contributed by atoms with Crippen molar-refractivity contribution in [3.8, 4) is 5.69 Å². The van der Waals surface area contributed by atoms with Crippen LogP contribution in [-0.2, 0) is 0 Å². The minimum Gasteiger partial charge on any atom is -0.471 e. The van der Waals surface area contributed by atoms with Crippen LogP contribution in [0.2, 0.25) is 0 Å². The van der Waals surface area contributed by atoms with Gasteiger partial charge in [0, 0.05) is 17.3 Å². The second-order valence-electron chi connectivity index (χ2n) is 3.99. The molecule has 0 fully saturated rings. The summed E-state index contributed by atoms with van der Waals surface area (Å²) in [5.41, 5.74) is 2.25. The molecule has 0 amide bonds. The summed E-state index contributed by atoms with van der Waals surface area (Å²) in [6, 6.07) is 20.4. The lowest BCUT2D eigenvalue weighted by molar-refractivity contribution is 0.550. The molecule has 0 aliphatic heterocycles. The van der Waals surface area contributed by atoms with Crippen molar-refractivity contribution in [2.24, 2.45) is 0 Å². The number of nitrogens with zero attached hydrogens (tertiary/aromatic N) is 1. The molecule has 0 bridgehead atoms. The summed E-state index contributed by atoms with van der Waals surface area (Å²) < 4.78 is 7.39. The van der Waals surface area contributed by atoms with Crippen LogP contribution in [-0.4, -0.2) is 4.57 Å². The average Bonchev–Trinajstić information content (AvgIpc) is 2.41. The molecule has 2 nitrogen and oxygen atoms in total. The lowest BCUT2D eigenvalue weighted by Gasteiger charge is -2.08. The fourth-order valence-electron chi connectivity index (χ4n) is 2.00. The quantitative estimate of drug-likeness (QED) is 0.613. The van der Waals surface area contributed by atoms with Gasteiger partial charge in [0.05, 0.1) is 11.8 Å². The van der Waals surface area contributed by atoms with E-state index in [9.17, 15) is 0 Å². The van der Waals surface area contributed by atoms with Gasteiger partial charge in [0.2, 0.25) is 0 Å². The number of para-hydroxylation sites is 2. The summed E-state index contributed by atoms with van der Waals surface area (Å²) in [5, 5.41) is 1.13. The number of hydrogen-bond acceptors (Lipinski definition) is 1. The lowest BCUT2D eigenvalue weighted by Crippen LogP contribution is -1.94. The summed E-state index contributed by atoms with van der Waals surface area (Å²) in [6.07, 6.45) is 5.30. The van der Waals surface area contributed by atoms with E-state index in [0.29, 0.717) is 0 Å². The van der Waals surface area contributed by atoms with E-state index < -0.39 is 0 Å². The number of hydrogen-bond donors (Lipinski definition) is 0. The number of benzene rings is 2. The molecule has 3 aromatic rings. The third-order valence-corrected chi connectivity index (χ3v) is 2.85. The molecule has 0 saturated carbocycles. The van der Waals surface area contributed by atoms with Crippen molar-refractivity contribution >= 4 is 10.9 Å². The molecule has 0 unspecified atom stereocenters. The molecule has 1 heterocycles. The molecule has 18 heavy (non-hydrogen) atoms. The monoisotopic (exact) mass is 235 g/mol. The van der Waals surface area contributed by atoms with Gasteiger partial charge in [-0.05, 0) is 24.3 Å². The summed E-state index contributed by atoms with van der Waals surface area (Å²) in [6.45, 7) is 0. The highest BCUT2D eigenvalue weighted by Crippen LogP contribution is 2.16. The molecule has 0 spiro atoms. The number of rotatable bonds is 1. The summed E-state index contributed by atoms with van der Waals surface area (Å²) in [7, 11) is 0. The molecule has 0 aliphatic carbocycles. The standard InChI is InChI=1S/C16H13NO/c1-2-7-15(8-3-1)17-11-13-18-12-10-14-6-4-5-9-16(14)17/h1-13H. The molecular weight excluding hydrogens is 222 g/mol. The lowest BCUT2D eigenvalue weighted by atomic mass is 10.2. The smallest absolute Gasteiger partial charge is 0.107 e. The van der Waals surface area contributed by atoms with E-state index in [2.05, 4.69) is 28.8 Å². The van der Waals surface area contributed by atoms with Crippen LogP contribution in [0.3, 0.4) is 0 Å². The van der Waals surface area contributed by atoms with Crippen molar-refractivity contribution < 1.29 is 4.42 Å². The van der Waals surface area contributed by atoms with Crippen LogP contribution in [0.1, 0.15) is 0 Å². The van der Waals surface area contributed by atoms with Crippen molar-refractivity contribution in [1.29, 1.82) is 0 Å². The fraction of sp³-hybridized carbons (Fsp3) is 0. The average molecular weight is 235 g/mol. The Morgan fingerprint density at radius 3 is 2.39 bits per heavy atom. The van der Waals surface area contributed by atoms with Crippen LogP contribution in [0.4, 0.5) is 0 Å². The van der Waals surface area contributed by atoms with Gasteiger partial charge < -0.3 is 8.98 Å². The maximum Gasteiger partial charge on any atom is 0.107 e. The van der Waals surface area contributed by atoms with Crippen molar-refractivity contribution in [2.75, 3.05) is 0 Å². The Kier molecular flexibility index (Phi) is 2.84. The van der Waals surface area contributed by atoms with Gasteiger partial charge in [-0.1, -0.05) is 36.4 Å². The molecule has 88 valence electrons. The first-order chi connectivity index (χ1) is 8.95. The molecule has 0 radical (unpaired) electrons. The SMILES string of the molecule is c1ccc(-n2ccoccc3ccccc32)cc1. The van der Waals surface area contributed by atoms with E-state index >= 15 is 0 Å². The third-order valence-electron chi connectivity index (χ3n) is 2.85. The Hall–Kier alpha value is -2.48. The van der Waals surface area contributed by atoms with Crippen molar-refractivity contribution in [3.05, 3.63) is 79.4 Å². The second kappa shape index (κ2) is 4.80. The van der Waals surface area contributed by atoms with Crippen LogP contribution >= 0.6 is 0 Å². The highest BCUT2D eigenvalue weighted by molar-refractivity contribution is 5.79. The first kappa shape index (κ1) is 10.7. The zero-order valence-corrected chi connectivity index (χ0v) is 9.86. The number of fused-ring (bicyclic) bond motifs is 1. The largest absolute Gasteiger partial charge is 0.471 e. The Labute approximate surface area is 105 Å². The highest BCUT2D eigenvalue weighted by Gasteiger charge is 1.97. The molecule has 0 aliphatic rings. The molecule has 1 aromatic heterocycles. The van der Waals surface area contributed by atoms with Gasteiger partial charge in [-0.15, -0.1) is 0 Å². The normalized spacial score (nSPS) is 10.2. The van der Waals surface area contributed by atoms with Gasteiger partial charge in [-0.2, -0.15) is 0 Å². The van der Waals surface area contributed by atoms with Crippen LogP contribution in [0.25, 0.3) is 16.6 Å². The van der Waals surface area contributed by atoms with Crippen LogP contribution in [0.15, 0.2) is 83.8 Å². The van der Waals surface area contributed by atoms with Crippen molar-refractivity contribution in [1.82, 2.24) is 4.57 Å². The minimum absolute atomic E-state index is 1.11. The van der Waals surface area contributed by atoms with E-state index in [1.807, 2.05) is 42.6 Å². The molecule has 0 saturated heterocycles. The van der Waals surface area contributed by atoms with Crippen LogP contribution in [0.5, 0.6) is 0 Å². The van der Waals surface area contributed by atoms with Crippen molar-refractivity contribution in [3.63, 3.8) is 0 Å². The predicted molar refractivity (Wildman–Crippen MR) is 73.2 cm³/mol. The molecule has 2 heteroatoms. The molecule has 3 rings (SSSR count). The summed E-state index contributed by atoms with van der Waals surface area (Å²) >= 11 is 0. The molecule has 0 atom stereocenters. The van der Waals surface area contributed by atoms with Crippen molar-refractivity contribution in [2.45, 2.75) is 0 Å². The van der Waals surface area contributed by atoms with E-state index in [0.717, 1.165) is 16.6 Å². The Balaban J connectivity index is 2.39. The topological polar surface area (TPSA) is 18.1 Å². The minimum atomic E-state index is 1.11. The fourth-order valence-corrected chi connectivity index (χ4v) is 2.00. The maximum absolute atomic E-state index is 5.28. The first-order valence-electron chi connectivity index (χ1n) is 5.87.